The molecule has 176 valence electrons. The lowest BCUT2D eigenvalue weighted by Gasteiger charge is -2.33. The average Bonchev–Trinajstić information content (AvgIpc) is 3.21. The van der Waals surface area contributed by atoms with Crippen molar-refractivity contribution in [1.29, 1.82) is 0 Å². The van der Waals surface area contributed by atoms with Crippen LogP contribution in [0.25, 0.3) is 11.2 Å². The number of fused-ring (bicyclic) bond motifs is 3. The zero-order chi connectivity index (χ0) is 24.0. The number of imidazole rings is 1. The van der Waals surface area contributed by atoms with Crippen molar-refractivity contribution in [2.75, 3.05) is 18.1 Å². The molecule has 4 aromatic rings. The molecular weight excluding hydrogens is 430 g/mol. The fourth-order valence-corrected chi connectivity index (χ4v) is 4.71. The molecule has 0 fully saturated rings. The van der Waals surface area contributed by atoms with Crippen molar-refractivity contribution in [2.45, 2.75) is 33.9 Å². The minimum absolute atomic E-state index is 0.229. The van der Waals surface area contributed by atoms with Gasteiger partial charge in [-0.3, -0.25) is 13.9 Å². The molecule has 8 heteroatoms. The zero-order valence-corrected chi connectivity index (χ0v) is 20.0. The Hall–Kier alpha value is -3.81. The Kier molecular flexibility index (Phi) is 5.51. The van der Waals surface area contributed by atoms with E-state index in [2.05, 4.69) is 11.8 Å². The van der Waals surface area contributed by atoms with Gasteiger partial charge in [-0.25, -0.2) is 4.79 Å². The normalized spacial score (nSPS) is 15.5. The Labute approximate surface area is 197 Å². The molecule has 1 aliphatic rings. The van der Waals surface area contributed by atoms with Crippen LogP contribution in [0.15, 0.2) is 58.1 Å². The lowest BCUT2D eigenvalue weighted by atomic mass is 10.1. The third-order valence-electron chi connectivity index (χ3n) is 6.49. The van der Waals surface area contributed by atoms with E-state index in [9.17, 15) is 9.59 Å². The summed E-state index contributed by atoms with van der Waals surface area (Å²) in [4.78, 5) is 33.8. The third-order valence-corrected chi connectivity index (χ3v) is 6.49. The number of aryl methyl sites for hydroxylation is 2. The Morgan fingerprint density at radius 2 is 1.79 bits per heavy atom. The van der Waals surface area contributed by atoms with Crippen LogP contribution in [-0.2, 0) is 20.1 Å². The molecule has 3 heterocycles. The molecule has 2 aromatic carbocycles. The van der Waals surface area contributed by atoms with Crippen LogP contribution in [0.5, 0.6) is 5.75 Å². The highest BCUT2D eigenvalue weighted by Gasteiger charge is 2.30. The summed E-state index contributed by atoms with van der Waals surface area (Å²) in [5, 5.41) is 0. The van der Waals surface area contributed by atoms with Gasteiger partial charge in [0.1, 0.15) is 5.75 Å². The summed E-state index contributed by atoms with van der Waals surface area (Å²) in [5.41, 5.74) is 3.17. The lowest BCUT2D eigenvalue weighted by Crippen LogP contribution is -2.40. The van der Waals surface area contributed by atoms with Crippen molar-refractivity contribution in [3.63, 3.8) is 0 Å². The van der Waals surface area contributed by atoms with Crippen LogP contribution in [0.3, 0.4) is 0 Å². The maximum absolute atomic E-state index is 13.7. The number of aromatic nitrogens is 4. The molecule has 8 nitrogen and oxygen atoms in total. The summed E-state index contributed by atoms with van der Waals surface area (Å²) in [6, 6.07) is 15.7. The van der Waals surface area contributed by atoms with Crippen LogP contribution in [0.1, 0.15) is 25.0 Å². The summed E-state index contributed by atoms with van der Waals surface area (Å²) < 4.78 is 10.4. The minimum Gasteiger partial charge on any atom is -0.494 e. The van der Waals surface area contributed by atoms with Crippen molar-refractivity contribution < 1.29 is 4.74 Å². The fourth-order valence-electron chi connectivity index (χ4n) is 4.71. The molecule has 1 atom stereocenters. The van der Waals surface area contributed by atoms with E-state index in [1.807, 2.05) is 66.9 Å². The standard InChI is InChI=1S/C26H29N5O3/c1-5-34-21-12-10-20(11-13-21)29-14-17(2)15-30-22-23(27-25(29)30)28(4)26(33)31(24(22)32)16-19-9-7-6-8-18(19)3/h6-13,17H,5,14-16H2,1-4H3/t17-/m1/s1. The van der Waals surface area contributed by atoms with Crippen LogP contribution < -0.4 is 20.9 Å². The van der Waals surface area contributed by atoms with Crippen LogP contribution in [0.4, 0.5) is 11.6 Å². The second-order valence-electron chi connectivity index (χ2n) is 9.00. The van der Waals surface area contributed by atoms with Crippen molar-refractivity contribution in [3.05, 3.63) is 80.5 Å². The second kappa shape index (κ2) is 8.52. The van der Waals surface area contributed by atoms with Crippen molar-refractivity contribution in [2.24, 2.45) is 13.0 Å². The van der Waals surface area contributed by atoms with E-state index in [0.29, 0.717) is 30.3 Å². The lowest BCUT2D eigenvalue weighted by molar-refractivity contribution is 0.340. The summed E-state index contributed by atoms with van der Waals surface area (Å²) in [6.45, 7) is 8.37. The van der Waals surface area contributed by atoms with Gasteiger partial charge >= 0.3 is 5.69 Å². The van der Waals surface area contributed by atoms with Crippen LogP contribution in [0, 0.1) is 12.8 Å². The monoisotopic (exact) mass is 459 g/mol. The molecule has 0 unspecified atom stereocenters. The first kappa shape index (κ1) is 22.0. The molecule has 0 bridgehead atoms. The van der Waals surface area contributed by atoms with Crippen LogP contribution >= 0.6 is 0 Å². The molecule has 2 aromatic heterocycles. The maximum Gasteiger partial charge on any atom is 0.332 e. The van der Waals surface area contributed by atoms with E-state index in [4.69, 9.17) is 9.72 Å². The molecule has 0 aliphatic carbocycles. The molecule has 0 amide bonds. The third kappa shape index (κ3) is 3.59. The van der Waals surface area contributed by atoms with Crippen molar-refractivity contribution in [3.8, 4) is 5.75 Å². The first-order chi connectivity index (χ1) is 16.4. The van der Waals surface area contributed by atoms with Gasteiger partial charge in [0.2, 0.25) is 5.95 Å². The Bertz CT molecular complexity index is 1480. The van der Waals surface area contributed by atoms with Gasteiger partial charge in [0.25, 0.3) is 5.56 Å². The van der Waals surface area contributed by atoms with Gasteiger partial charge in [0.15, 0.2) is 11.2 Å². The van der Waals surface area contributed by atoms with Gasteiger partial charge in [-0.05, 0) is 55.2 Å². The second-order valence-corrected chi connectivity index (χ2v) is 9.00. The predicted molar refractivity (Wildman–Crippen MR) is 133 cm³/mol. The summed E-state index contributed by atoms with van der Waals surface area (Å²) >= 11 is 0. The highest BCUT2D eigenvalue weighted by Crippen LogP contribution is 2.33. The van der Waals surface area contributed by atoms with Gasteiger partial charge < -0.3 is 14.2 Å². The molecular formula is C26H29N5O3. The van der Waals surface area contributed by atoms with E-state index >= 15 is 0 Å². The number of nitrogens with zero attached hydrogens (tertiary/aromatic N) is 5. The summed E-state index contributed by atoms with van der Waals surface area (Å²) in [6.07, 6.45) is 0. The maximum atomic E-state index is 13.7. The number of hydrogen-bond donors (Lipinski definition) is 0. The van der Waals surface area contributed by atoms with E-state index < -0.39 is 0 Å². The molecule has 0 N–H and O–H groups in total. The van der Waals surface area contributed by atoms with Gasteiger partial charge in [0.05, 0.1) is 13.2 Å². The topological polar surface area (TPSA) is 74.3 Å². The molecule has 0 saturated carbocycles. The predicted octanol–water partition coefficient (Wildman–Crippen LogP) is 3.44. The minimum atomic E-state index is -0.364. The van der Waals surface area contributed by atoms with Crippen LogP contribution in [-0.4, -0.2) is 31.8 Å². The highest BCUT2D eigenvalue weighted by molar-refractivity contribution is 5.77. The van der Waals surface area contributed by atoms with Crippen molar-refractivity contribution >= 4 is 22.8 Å². The van der Waals surface area contributed by atoms with Crippen molar-refractivity contribution in [1.82, 2.24) is 18.7 Å². The van der Waals surface area contributed by atoms with E-state index in [1.165, 1.54) is 9.13 Å². The average molecular weight is 460 g/mol. The SMILES string of the molecule is CCOc1ccc(N2C[C@@H](C)Cn3c2nc2c3c(=O)n(Cc3ccccc3C)c(=O)n2C)cc1. The Morgan fingerprint density at radius 1 is 1.06 bits per heavy atom. The first-order valence-corrected chi connectivity index (χ1v) is 11.6. The molecule has 0 saturated heterocycles. The quantitative estimate of drug-likeness (QED) is 0.457. The van der Waals surface area contributed by atoms with E-state index in [1.54, 1.807) is 7.05 Å². The largest absolute Gasteiger partial charge is 0.494 e. The molecule has 34 heavy (non-hydrogen) atoms. The van der Waals surface area contributed by atoms with E-state index in [-0.39, 0.29) is 23.7 Å². The van der Waals surface area contributed by atoms with Gasteiger partial charge in [-0.1, -0.05) is 31.2 Å². The Balaban J connectivity index is 1.67. The fraction of sp³-hybridized carbons (Fsp3) is 0.346. The molecule has 0 spiro atoms. The first-order valence-electron chi connectivity index (χ1n) is 11.6. The Morgan fingerprint density at radius 3 is 2.50 bits per heavy atom. The number of benzene rings is 2. The summed E-state index contributed by atoms with van der Waals surface area (Å²) in [7, 11) is 1.68. The zero-order valence-electron chi connectivity index (χ0n) is 20.0. The smallest absolute Gasteiger partial charge is 0.332 e. The van der Waals surface area contributed by atoms with Gasteiger partial charge in [-0.15, -0.1) is 0 Å². The molecule has 0 radical (unpaired) electrons. The van der Waals surface area contributed by atoms with Gasteiger partial charge in [-0.2, -0.15) is 4.98 Å². The summed E-state index contributed by atoms with van der Waals surface area (Å²) in [5.74, 6) is 1.78. The number of anilines is 2. The van der Waals surface area contributed by atoms with Crippen LogP contribution in [0.2, 0.25) is 0 Å². The van der Waals surface area contributed by atoms with Gasteiger partial charge in [0, 0.05) is 25.8 Å². The number of ether oxygens (including phenoxy) is 1. The molecule has 1 aliphatic heterocycles. The highest BCUT2D eigenvalue weighted by atomic mass is 16.5. The van der Waals surface area contributed by atoms with E-state index in [0.717, 1.165) is 29.1 Å². The molecule has 5 rings (SSSR count). The number of rotatable bonds is 5. The number of hydrogen-bond acceptors (Lipinski definition) is 5.